The average Bonchev–Trinajstić information content (AvgIpc) is 3.29. The maximum atomic E-state index is 13.9. The molecule has 0 aliphatic carbocycles. The van der Waals surface area contributed by atoms with Gasteiger partial charge >= 0.3 is 29.8 Å². The van der Waals surface area contributed by atoms with E-state index in [0.717, 1.165) is 16.7 Å². The number of β-lactam (4-membered cyclic amide) rings is 1. The number of benzene rings is 1. The van der Waals surface area contributed by atoms with Crippen LogP contribution >= 0.6 is 11.8 Å². The van der Waals surface area contributed by atoms with E-state index in [2.05, 4.69) is 16.0 Å². The lowest BCUT2D eigenvalue weighted by molar-refractivity contribution is -0.183. The topological polar surface area (TPSA) is 221 Å². The third-order valence-electron chi connectivity index (χ3n) is 8.09. The van der Waals surface area contributed by atoms with Crippen molar-refractivity contribution in [2.45, 2.75) is 69.4 Å². The molecule has 1 unspecified atom stereocenters. The molecule has 3 aliphatic heterocycles. The maximum Gasteiger partial charge on any atom is 0.333 e. The molecule has 4 rings (SSSR count). The Balaban J connectivity index is 1.57. The second-order valence-electron chi connectivity index (χ2n) is 12.8. The molecule has 1 aromatic carbocycles. The second kappa shape index (κ2) is 13.3. The number of piperazine rings is 1. The van der Waals surface area contributed by atoms with E-state index in [1.165, 1.54) is 29.2 Å². The molecular formula is C30H38N6O11S. The number of likely N-dealkylation sites (N-methyl/N-ethyl adjacent to an activating group) is 1. The number of phenolic OH excluding ortho intramolecular Hbond substituents is 1. The molecule has 18 heteroatoms. The fourth-order valence-corrected chi connectivity index (χ4v) is 7.16. The minimum atomic E-state index is -2.11. The number of esters is 2. The van der Waals surface area contributed by atoms with Crippen molar-refractivity contribution in [1.82, 2.24) is 30.7 Å². The smallest absolute Gasteiger partial charge is 0.333 e. The van der Waals surface area contributed by atoms with Crippen LogP contribution < -0.4 is 16.0 Å². The Kier molecular flexibility index (Phi) is 9.99. The summed E-state index contributed by atoms with van der Waals surface area (Å²) in [6.07, 6.45) is 0.186. The van der Waals surface area contributed by atoms with Crippen molar-refractivity contribution in [3.05, 3.63) is 29.8 Å². The molecule has 3 aliphatic rings. The van der Waals surface area contributed by atoms with Crippen LogP contribution in [0.25, 0.3) is 0 Å². The number of aromatic hydroxyl groups is 1. The van der Waals surface area contributed by atoms with Crippen LogP contribution in [0.2, 0.25) is 0 Å². The maximum absolute atomic E-state index is 13.9. The number of urea groups is 1. The summed E-state index contributed by atoms with van der Waals surface area (Å²) in [5.74, 6) is -5.90. The Hall–Kier alpha value is -4.87. The van der Waals surface area contributed by atoms with Crippen LogP contribution in [0.15, 0.2) is 24.3 Å². The molecule has 0 bridgehead atoms. The molecule has 1 aromatic rings. The Morgan fingerprint density at radius 2 is 1.75 bits per heavy atom. The summed E-state index contributed by atoms with van der Waals surface area (Å²) in [5.41, 5.74) is -3.08. The minimum absolute atomic E-state index is 0.0654. The third-order valence-corrected chi connectivity index (χ3v) is 9.73. The number of carbonyl (C=O) groups excluding carboxylic acids is 8. The lowest BCUT2D eigenvalue weighted by atomic mass is 9.90. The predicted molar refractivity (Wildman–Crippen MR) is 166 cm³/mol. The monoisotopic (exact) mass is 690 g/mol. The SMILES string of the molecule is CCN1CCN(C(=O)NC(C(=O)N[C@]2(NC=O)C(=O)N3[C@@H](C(=O)OCOC(=O)C(C)(C)C)C(C)(C)S[C@@H]32)c2ccccc2O)C(=O)C1=O. The molecule has 4 atom stereocenters. The van der Waals surface area contributed by atoms with Gasteiger partial charge in [0, 0.05) is 29.9 Å². The first-order valence-corrected chi connectivity index (χ1v) is 15.9. The van der Waals surface area contributed by atoms with Crippen molar-refractivity contribution in [2.75, 3.05) is 26.4 Å². The number of imide groups is 1. The number of hydrogen-bond acceptors (Lipinski definition) is 12. The van der Waals surface area contributed by atoms with Crippen molar-refractivity contribution in [3.8, 4) is 5.75 Å². The van der Waals surface area contributed by atoms with Crippen molar-refractivity contribution in [2.24, 2.45) is 5.41 Å². The van der Waals surface area contributed by atoms with Crippen molar-refractivity contribution < 1.29 is 52.9 Å². The van der Waals surface area contributed by atoms with Gasteiger partial charge in [0.05, 0.1) is 5.41 Å². The zero-order valence-electron chi connectivity index (χ0n) is 27.2. The molecule has 3 saturated heterocycles. The van der Waals surface area contributed by atoms with Crippen molar-refractivity contribution in [1.29, 1.82) is 0 Å². The molecule has 4 N–H and O–H groups in total. The number of para-hydroxylation sites is 1. The standard InChI is InChI=1S/C30H38N6O11S/c1-7-34-12-13-35(22(41)21(34)40)27(45)32-18(16-10-8-9-11-17(16)38)20(39)33-30(31-14-37)24(43)36-19(29(5,6)48-25(30)36)23(42)46-15-47-26(44)28(2,3)4/h8-11,14,18-19,25,38H,7,12-13,15H2,1-6H3,(H,31,37)(H,32,45)(H,33,39)/t18?,19-,25+,30+/m0/s1. The van der Waals surface area contributed by atoms with E-state index in [0.29, 0.717) is 4.90 Å². The first-order chi connectivity index (χ1) is 22.4. The number of hydrogen-bond donors (Lipinski definition) is 4. The Morgan fingerprint density at radius 1 is 1.08 bits per heavy atom. The van der Waals surface area contributed by atoms with E-state index in [1.54, 1.807) is 41.5 Å². The van der Waals surface area contributed by atoms with Crippen LogP contribution in [0.5, 0.6) is 5.75 Å². The first-order valence-electron chi connectivity index (χ1n) is 15.0. The molecule has 3 heterocycles. The molecule has 0 radical (unpaired) electrons. The Morgan fingerprint density at radius 3 is 2.35 bits per heavy atom. The molecule has 17 nitrogen and oxygen atoms in total. The second-order valence-corrected chi connectivity index (χ2v) is 14.5. The van der Waals surface area contributed by atoms with Gasteiger partial charge in [-0.3, -0.25) is 33.7 Å². The van der Waals surface area contributed by atoms with Crippen LogP contribution in [-0.4, -0.2) is 116 Å². The Bertz CT molecular complexity index is 1540. The van der Waals surface area contributed by atoms with E-state index < -0.39 is 87.4 Å². The van der Waals surface area contributed by atoms with Crippen LogP contribution in [-0.2, 0) is 43.0 Å². The number of phenols is 1. The van der Waals surface area contributed by atoms with Gasteiger partial charge in [-0.25, -0.2) is 9.59 Å². The van der Waals surface area contributed by atoms with E-state index in [-0.39, 0.29) is 31.6 Å². The highest BCUT2D eigenvalue weighted by molar-refractivity contribution is 8.01. The number of nitrogens with one attached hydrogen (secondary N) is 3. The third kappa shape index (κ3) is 6.48. The van der Waals surface area contributed by atoms with Gasteiger partial charge in [0.15, 0.2) is 0 Å². The van der Waals surface area contributed by atoms with Crippen molar-refractivity contribution in [3.63, 3.8) is 0 Å². The molecule has 3 fully saturated rings. The van der Waals surface area contributed by atoms with Gasteiger partial charge in [-0.2, -0.15) is 0 Å². The van der Waals surface area contributed by atoms with Crippen LogP contribution in [0.3, 0.4) is 0 Å². The van der Waals surface area contributed by atoms with E-state index in [1.807, 2.05) is 0 Å². The number of ether oxygens (including phenoxy) is 2. The summed E-state index contributed by atoms with van der Waals surface area (Å²) >= 11 is 1.07. The van der Waals surface area contributed by atoms with Gasteiger partial charge in [0.1, 0.15) is 23.2 Å². The van der Waals surface area contributed by atoms with Crippen LogP contribution in [0.1, 0.15) is 53.1 Å². The molecule has 7 amide bonds. The molecular weight excluding hydrogens is 652 g/mol. The molecule has 0 saturated carbocycles. The number of carbonyl (C=O) groups is 8. The zero-order chi connectivity index (χ0) is 35.8. The fraction of sp³-hybridized carbons (Fsp3) is 0.533. The summed E-state index contributed by atoms with van der Waals surface area (Å²) in [5, 5.41) is 16.7. The predicted octanol–water partition coefficient (Wildman–Crippen LogP) is -0.456. The van der Waals surface area contributed by atoms with Crippen molar-refractivity contribution >= 4 is 59.8 Å². The highest BCUT2D eigenvalue weighted by atomic mass is 32.2. The molecule has 0 spiro atoms. The van der Waals surface area contributed by atoms with Crippen LogP contribution in [0.4, 0.5) is 4.79 Å². The van der Waals surface area contributed by atoms with E-state index in [4.69, 9.17) is 9.47 Å². The number of amides is 7. The molecule has 260 valence electrons. The summed E-state index contributed by atoms with van der Waals surface area (Å²) in [6, 6.07) is 1.44. The highest BCUT2D eigenvalue weighted by Gasteiger charge is 2.73. The van der Waals surface area contributed by atoms with Gasteiger partial charge in [0.2, 0.25) is 24.8 Å². The summed E-state index contributed by atoms with van der Waals surface area (Å²) in [4.78, 5) is 106. The largest absolute Gasteiger partial charge is 0.508 e. The van der Waals surface area contributed by atoms with Gasteiger partial charge in [-0.15, -0.1) is 11.8 Å². The summed E-state index contributed by atoms with van der Waals surface area (Å²) in [7, 11) is 0. The summed E-state index contributed by atoms with van der Waals surface area (Å²) < 4.78 is 9.16. The quantitative estimate of drug-likeness (QED) is 0.0806. The highest BCUT2D eigenvalue weighted by Crippen LogP contribution is 2.54. The lowest BCUT2D eigenvalue weighted by Crippen LogP contribution is -2.85. The zero-order valence-corrected chi connectivity index (χ0v) is 28.0. The lowest BCUT2D eigenvalue weighted by Gasteiger charge is -2.52. The van der Waals surface area contributed by atoms with Crippen LogP contribution in [0, 0.1) is 5.41 Å². The minimum Gasteiger partial charge on any atom is -0.508 e. The summed E-state index contributed by atoms with van der Waals surface area (Å²) in [6.45, 7) is 9.27. The number of fused-ring (bicyclic) bond motifs is 1. The number of thioether (sulfide) groups is 1. The fourth-order valence-electron chi connectivity index (χ4n) is 5.51. The molecule has 0 aromatic heterocycles. The number of nitrogens with zero attached hydrogens (tertiary/aromatic N) is 3. The van der Waals surface area contributed by atoms with Gasteiger partial charge in [-0.05, 0) is 47.6 Å². The van der Waals surface area contributed by atoms with E-state index in [9.17, 15) is 43.5 Å². The number of rotatable bonds is 10. The van der Waals surface area contributed by atoms with E-state index >= 15 is 0 Å². The Labute approximate surface area is 280 Å². The average molecular weight is 691 g/mol. The first kappa shape index (κ1) is 36.0. The van der Waals surface area contributed by atoms with Gasteiger partial charge < -0.3 is 40.3 Å². The van der Waals surface area contributed by atoms with Gasteiger partial charge in [0.25, 0.3) is 5.91 Å². The van der Waals surface area contributed by atoms with Gasteiger partial charge in [-0.1, -0.05) is 18.2 Å². The normalized spacial score (nSPS) is 23.8. The molecule has 48 heavy (non-hydrogen) atoms.